The Morgan fingerprint density at radius 1 is 1.08 bits per heavy atom. The van der Waals surface area contributed by atoms with E-state index < -0.39 is 28.3 Å². The Bertz CT molecular complexity index is 864. The molecule has 2 rings (SSSR count). The predicted molar refractivity (Wildman–Crippen MR) is 86.7 cm³/mol. The highest BCUT2D eigenvalue weighted by molar-refractivity contribution is 7.89. The molecule has 0 unspecified atom stereocenters. The minimum Gasteiger partial charge on any atom is -0.325 e. The van der Waals surface area contributed by atoms with Crippen LogP contribution in [0.2, 0.25) is 0 Å². The molecule has 0 fully saturated rings. The van der Waals surface area contributed by atoms with E-state index in [9.17, 15) is 22.4 Å². The topological polar surface area (TPSA) is 92.3 Å². The predicted octanol–water partition coefficient (Wildman–Crippen LogP) is 1.95. The minimum absolute atomic E-state index is 0.107. The number of sulfonamides is 1. The minimum atomic E-state index is -3.93. The molecule has 0 saturated carbocycles. The van der Waals surface area contributed by atoms with Crippen LogP contribution in [0.4, 0.5) is 10.1 Å². The maximum Gasteiger partial charge on any atom is 0.241 e. The van der Waals surface area contributed by atoms with Gasteiger partial charge in [-0.25, -0.2) is 17.5 Å². The summed E-state index contributed by atoms with van der Waals surface area (Å²) in [6.07, 6.45) is 0. The zero-order valence-corrected chi connectivity index (χ0v) is 13.6. The van der Waals surface area contributed by atoms with Crippen molar-refractivity contribution in [1.29, 1.82) is 0 Å². The van der Waals surface area contributed by atoms with Crippen molar-refractivity contribution in [1.82, 2.24) is 4.72 Å². The summed E-state index contributed by atoms with van der Waals surface area (Å²) in [5.74, 6) is -1.31. The Kier molecular flexibility index (Phi) is 5.42. The highest BCUT2D eigenvalue weighted by atomic mass is 32.2. The van der Waals surface area contributed by atoms with E-state index in [0.29, 0.717) is 5.69 Å². The fourth-order valence-corrected chi connectivity index (χ4v) is 2.89. The molecule has 0 aliphatic rings. The monoisotopic (exact) mass is 350 g/mol. The molecule has 8 heteroatoms. The molecule has 6 nitrogen and oxygen atoms in total. The normalized spacial score (nSPS) is 11.1. The highest BCUT2D eigenvalue weighted by Gasteiger charge is 2.16. The summed E-state index contributed by atoms with van der Waals surface area (Å²) in [7, 11) is -3.93. The van der Waals surface area contributed by atoms with Crippen molar-refractivity contribution in [2.75, 3.05) is 11.9 Å². The van der Waals surface area contributed by atoms with Crippen molar-refractivity contribution < 1.29 is 22.4 Å². The number of carbonyl (C=O) groups excluding carboxylic acids is 2. The van der Waals surface area contributed by atoms with Crippen molar-refractivity contribution in [3.05, 3.63) is 59.9 Å². The Hall–Kier alpha value is -2.58. The van der Waals surface area contributed by atoms with Gasteiger partial charge < -0.3 is 5.32 Å². The smallest absolute Gasteiger partial charge is 0.241 e. The second kappa shape index (κ2) is 7.33. The second-order valence-electron chi connectivity index (χ2n) is 4.96. The molecule has 0 heterocycles. The number of halogens is 1. The molecule has 0 spiro atoms. The van der Waals surface area contributed by atoms with Gasteiger partial charge in [0.15, 0.2) is 5.78 Å². The van der Waals surface area contributed by atoms with Gasteiger partial charge in [-0.3, -0.25) is 9.59 Å². The standard InChI is InChI=1S/C16H15FN2O4S/c1-11(20)12-3-2-4-15(9-12)24(22,23)18-10-16(21)19-14-7-5-13(17)6-8-14/h2-9,18H,10H2,1H3,(H,19,21). The van der Waals surface area contributed by atoms with Gasteiger partial charge in [0.2, 0.25) is 15.9 Å². The van der Waals surface area contributed by atoms with Gasteiger partial charge in [0.05, 0.1) is 11.4 Å². The number of hydrogen-bond acceptors (Lipinski definition) is 4. The molecule has 1 amide bonds. The largest absolute Gasteiger partial charge is 0.325 e. The highest BCUT2D eigenvalue weighted by Crippen LogP contribution is 2.12. The number of benzene rings is 2. The lowest BCUT2D eigenvalue weighted by Gasteiger charge is -2.08. The average molecular weight is 350 g/mol. The third-order valence-electron chi connectivity index (χ3n) is 3.10. The van der Waals surface area contributed by atoms with Crippen LogP contribution in [0.15, 0.2) is 53.4 Å². The van der Waals surface area contributed by atoms with E-state index in [1.807, 2.05) is 0 Å². The molecule has 24 heavy (non-hydrogen) atoms. The molecule has 2 N–H and O–H groups in total. The summed E-state index contributed by atoms with van der Waals surface area (Å²) in [6, 6.07) is 10.6. The first-order chi connectivity index (χ1) is 11.3. The van der Waals surface area contributed by atoms with Gasteiger partial charge in [0, 0.05) is 11.3 Å². The first kappa shape index (κ1) is 17.8. The van der Waals surface area contributed by atoms with Crippen LogP contribution < -0.4 is 10.0 Å². The maximum atomic E-state index is 12.8. The number of Topliss-reactive ketones (excluding diaryl/α,β-unsaturated/α-hetero) is 1. The maximum absolute atomic E-state index is 12.8. The van der Waals surface area contributed by atoms with Crippen LogP contribution in [0.1, 0.15) is 17.3 Å². The van der Waals surface area contributed by atoms with E-state index >= 15 is 0 Å². The molecule has 0 atom stereocenters. The quantitative estimate of drug-likeness (QED) is 0.779. The van der Waals surface area contributed by atoms with Crippen molar-refractivity contribution >= 4 is 27.4 Å². The van der Waals surface area contributed by atoms with Gasteiger partial charge in [-0.2, -0.15) is 0 Å². The molecule has 0 aromatic heterocycles. The van der Waals surface area contributed by atoms with Crippen LogP contribution in [-0.4, -0.2) is 26.7 Å². The molecule has 0 radical (unpaired) electrons. The van der Waals surface area contributed by atoms with E-state index in [-0.39, 0.29) is 16.2 Å². The van der Waals surface area contributed by atoms with Gasteiger partial charge in [0.1, 0.15) is 5.82 Å². The van der Waals surface area contributed by atoms with Gasteiger partial charge >= 0.3 is 0 Å². The average Bonchev–Trinajstić information content (AvgIpc) is 2.55. The number of rotatable bonds is 6. The molecule has 2 aromatic rings. The van der Waals surface area contributed by atoms with Crippen LogP contribution >= 0.6 is 0 Å². The van der Waals surface area contributed by atoms with Crippen LogP contribution in [0.3, 0.4) is 0 Å². The van der Waals surface area contributed by atoms with Crippen LogP contribution in [-0.2, 0) is 14.8 Å². The lowest BCUT2D eigenvalue weighted by atomic mass is 10.2. The number of ketones is 1. The van der Waals surface area contributed by atoms with E-state index in [0.717, 1.165) is 0 Å². The molecule has 0 aliphatic carbocycles. The summed E-state index contributed by atoms with van der Waals surface area (Å²) in [5, 5.41) is 2.44. The zero-order chi connectivity index (χ0) is 17.7. The van der Waals surface area contributed by atoms with Crippen LogP contribution in [0.25, 0.3) is 0 Å². The molecular weight excluding hydrogens is 335 g/mol. The summed E-state index contributed by atoms with van der Waals surface area (Å²) in [5.41, 5.74) is 0.604. The third kappa shape index (κ3) is 4.71. The fourth-order valence-electron chi connectivity index (χ4n) is 1.86. The van der Waals surface area contributed by atoms with E-state index in [1.54, 1.807) is 0 Å². The molecule has 0 aliphatic heterocycles. The van der Waals surface area contributed by atoms with Gasteiger partial charge in [-0.15, -0.1) is 0 Å². The van der Waals surface area contributed by atoms with Crippen molar-refractivity contribution in [2.45, 2.75) is 11.8 Å². The number of amides is 1. The Balaban J connectivity index is 2.01. The van der Waals surface area contributed by atoms with E-state index in [2.05, 4.69) is 10.0 Å². The molecule has 2 aromatic carbocycles. The fraction of sp³-hybridized carbons (Fsp3) is 0.125. The van der Waals surface area contributed by atoms with Gasteiger partial charge in [-0.05, 0) is 43.3 Å². The summed E-state index contributed by atoms with van der Waals surface area (Å²) < 4.78 is 39.2. The molecular formula is C16H15FN2O4S. The van der Waals surface area contributed by atoms with E-state index in [4.69, 9.17) is 0 Å². The second-order valence-corrected chi connectivity index (χ2v) is 6.73. The summed E-state index contributed by atoms with van der Waals surface area (Å²) in [6.45, 7) is 0.833. The van der Waals surface area contributed by atoms with Crippen molar-refractivity contribution in [3.63, 3.8) is 0 Å². The summed E-state index contributed by atoms with van der Waals surface area (Å²) in [4.78, 5) is 23.0. The Morgan fingerprint density at radius 3 is 2.38 bits per heavy atom. The number of carbonyl (C=O) groups is 2. The molecule has 0 bridgehead atoms. The van der Waals surface area contributed by atoms with Crippen molar-refractivity contribution in [2.24, 2.45) is 0 Å². The lowest BCUT2D eigenvalue weighted by molar-refractivity contribution is -0.115. The Morgan fingerprint density at radius 2 is 1.75 bits per heavy atom. The van der Waals surface area contributed by atoms with Gasteiger partial charge in [0.25, 0.3) is 0 Å². The summed E-state index contributed by atoms with van der Waals surface area (Å²) >= 11 is 0. The lowest BCUT2D eigenvalue weighted by Crippen LogP contribution is -2.33. The Labute approximate surface area is 138 Å². The van der Waals surface area contributed by atoms with Gasteiger partial charge in [-0.1, -0.05) is 12.1 Å². The molecule has 0 saturated heterocycles. The number of hydrogen-bond donors (Lipinski definition) is 2. The zero-order valence-electron chi connectivity index (χ0n) is 12.7. The molecule has 126 valence electrons. The third-order valence-corrected chi connectivity index (χ3v) is 4.50. The number of anilines is 1. The van der Waals surface area contributed by atoms with Crippen LogP contribution in [0.5, 0.6) is 0 Å². The van der Waals surface area contributed by atoms with Crippen molar-refractivity contribution in [3.8, 4) is 0 Å². The SMILES string of the molecule is CC(=O)c1cccc(S(=O)(=O)NCC(=O)Nc2ccc(F)cc2)c1. The van der Waals surface area contributed by atoms with E-state index in [1.165, 1.54) is 55.5 Å². The first-order valence-electron chi connectivity index (χ1n) is 6.94. The first-order valence-corrected chi connectivity index (χ1v) is 8.42. The number of nitrogens with one attached hydrogen (secondary N) is 2. The van der Waals surface area contributed by atoms with Crippen LogP contribution in [0, 0.1) is 5.82 Å².